The first-order valence-electron chi connectivity index (χ1n) is 5.46. The molecule has 0 spiro atoms. The Morgan fingerprint density at radius 1 is 1.39 bits per heavy atom. The van der Waals surface area contributed by atoms with Gasteiger partial charge in [0, 0.05) is 10.7 Å². The minimum absolute atomic E-state index is 0.317. The highest BCUT2D eigenvalue weighted by molar-refractivity contribution is 9.10. The van der Waals surface area contributed by atoms with Crippen molar-refractivity contribution in [1.82, 2.24) is 9.78 Å². The highest BCUT2D eigenvalue weighted by Gasteiger charge is 2.08. The quantitative estimate of drug-likeness (QED) is 0.799. The van der Waals surface area contributed by atoms with Crippen LogP contribution in [-0.4, -0.2) is 16.1 Å². The van der Waals surface area contributed by atoms with Gasteiger partial charge in [0.2, 0.25) is 0 Å². The van der Waals surface area contributed by atoms with Gasteiger partial charge in [-0.3, -0.25) is 4.79 Å². The summed E-state index contributed by atoms with van der Waals surface area (Å²) in [4.78, 5) is 11.0. The zero-order valence-corrected chi connectivity index (χ0v) is 11.7. The number of benzene rings is 1. The standard InChI is InChI=1S/C11H6BrN3O.C2H6/c12-10-2-1-3-11(9(10)7-16)15-5-4-8(6-13)14-15;1-2/h1-5,7H;1-2H3. The minimum atomic E-state index is 0.317. The van der Waals surface area contributed by atoms with E-state index in [0.717, 1.165) is 6.29 Å². The monoisotopic (exact) mass is 305 g/mol. The molecule has 1 heterocycles. The van der Waals surface area contributed by atoms with E-state index in [9.17, 15) is 4.79 Å². The SMILES string of the molecule is CC.N#Cc1ccn(-c2cccc(Br)c2C=O)n1. The van der Waals surface area contributed by atoms with Crippen LogP contribution in [0.1, 0.15) is 29.9 Å². The number of carbonyl (C=O) groups is 1. The Labute approximate surface area is 114 Å². The van der Waals surface area contributed by atoms with Crippen LogP contribution in [0.4, 0.5) is 0 Å². The lowest BCUT2D eigenvalue weighted by molar-refractivity contribution is 0.112. The van der Waals surface area contributed by atoms with Crippen LogP contribution in [0.3, 0.4) is 0 Å². The highest BCUT2D eigenvalue weighted by atomic mass is 79.9. The number of rotatable bonds is 2. The number of aldehydes is 1. The lowest BCUT2D eigenvalue weighted by Gasteiger charge is -2.05. The molecule has 1 aromatic heterocycles. The number of halogens is 1. The van der Waals surface area contributed by atoms with Gasteiger partial charge in [0.1, 0.15) is 6.07 Å². The second-order valence-electron chi connectivity index (χ2n) is 3.05. The van der Waals surface area contributed by atoms with E-state index >= 15 is 0 Å². The van der Waals surface area contributed by atoms with Gasteiger partial charge in [0.25, 0.3) is 0 Å². The summed E-state index contributed by atoms with van der Waals surface area (Å²) in [6.07, 6.45) is 2.40. The molecule has 18 heavy (non-hydrogen) atoms. The molecule has 5 heteroatoms. The van der Waals surface area contributed by atoms with E-state index in [0.29, 0.717) is 21.4 Å². The van der Waals surface area contributed by atoms with Crippen molar-refractivity contribution >= 4 is 22.2 Å². The normalized spacial score (nSPS) is 9.00. The van der Waals surface area contributed by atoms with Crippen LogP contribution in [0.15, 0.2) is 34.9 Å². The van der Waals surface area contributed by atoms with Crippen molar-refractivity contribution in [3.63, 3.8) is 0 Å². The maximum absolute atomic E-state index is 11.0. The van der Waals surface area contributed by atoms with Crippen LogP contribution in [0.5, 0.6) is 0 Å². The van der Waals surface area contributed by atoms with E-state index in [4.69, 9.17) is 5.26 Å². The Morgan fingerprint density at radius 2 is 2.11 bits per heavy atom. The Kier molecular flexibility index (Phi) is 5.28. The topological polar surface area (TPSA) is 58.7 Å². The molecular formula is C13H12BrN3O. The van der Waals surface area contributed by atoms with Gasteiger partial charge < -0.3 is 0 Å². The number of hydrogen-bond donors (Lipinski definition) is 0. The predicted molar refractivity (Wildman–Crippen MR) is 72.7 cm³/mol. The van der Waals surface area contributed by atoms with E-state index in [1.807, 2.05) is 19.9 Å². The van der Waals surface area contributed by atoms with Gasteiger partial charge in [-0.2, -0.15) is 10.4 Å². The van der Waals surface area contributed by atoms with E-state index in [2.05, 4.69) is 21.0 Å². The van der Waals surface area contributed by atoms with Gasteiger partial charge in [-0.05, 0) is 34.1 Å². The smallest absolute Gasteiger partial charge is 0.162 e. The van der Waals surface area contributed by atoms with Gasteiger partial charge in [-0.25, -0.2) is 4.68 Å². The molecule has 0 saturated heterocycles. The molecule has 1 aromatic carbocycles. The molecule has 0 bridgehead atoms. The third kappa shape index (κ3) is 2.84. The van der Waals surface area contributed by atoms with Gasteiger partial charge in [-0.1, -0.05) is 19.9 Å². The summed E-state index contributed by atoms with van der Waals surface area (Å²) in [5.41, 5.74) is 1.47. The first kappa shape index (κ1) is 14.1. The fraction of sp³-hybridized carbons (Fsp3) is 0.154. The van der Waals surface area contributed by atoms with Crippen molar-refractivity contribution in [2.24, 2.45) is 0 Å². The molecule has 92 valence electrons. The van der Waals surface area contributed by atoms with E-state index in [1.165, 1.54) is 4.68 Å². The maximum atomic E-state index is 11.0. The van der Waals surface area contributed by atoms with Crippen molar-refractivity contribution < 1.29 is 4.79 Å². The number of carbonyl (C=O) groups excluding carboxylic acids is 1. The number of hydrogen-bond acceptors (Lipinski definition) is 3. The third-order valence-corrected chi connectivity index (χ3v) is 2.79. The minimum Gasteiger partial charge on any atom is -0.298 e. The Hall–Kier alpha value is -1.93. The van der Waals surface area contributed by atoms with Crippen LogP contribution in [0.2, 0.25) is 0 Å². The zero-order chi connectivity index (χ0) is 13.5. The average molecular weight is 306 g/mol. The van der Waals surface area contributed by atoms with Gasteiger partial charge >= 0.3 is 0 Å². The van der Waals surface area contributed by atoms with Gasteiger partial charge in [0.15, 0.2) is 12.0 Å². The first-order valence-corrected chi connectivity index (χ1v) is 6.25. The Balaban J connectivity index is 0.000000771. The second kappa shape index (κ2) is 6.72. The van der Waals surface area contributed by atoms with E-state index in [1.54, 1.807) is 30.5 Å². The fourth-order valence-corrected chi connectivity index (χ4v) is 1.81. The molecule has 0 aliphatic carbocycles. The van der Waals surface area contributed by atoms with Crippen molar-refractivity contribution in [3.05, 3.63) is 46.2 Å². The molecule has 0 radical (unpaired) electrons. The lowest BCUT2D eigenvalue weighted by Crippen LogP contribution is -2.00. The van der Waals surface area contributed by atoms with Crippen molar-refractivity contribution in [3.8, 4) is 11.8 Å². The molecule has 0 atom stereocenters. The molecule has 2 aromatic rings. The summed E-state index contributed by atoms with van der Waals surface area (Å²) in [6, 6.07) is 8.88. The molecule has 0 unspecified atom stereocenters. The summed E-state index contributed by atoms with van der Waals surface area (Å²) < 4.78 is 2.21. The first-order chi connectivity index (χ1) is 8.76. The Morgan fingerprint density at radius 3 is 2.67 bits per heavy atom. The molecule has 0 aliphatic heterocycles. The van der Waals surface area contributed by atoms with Crippen LogP contribution in [0, 0.1) is 11.3 Å². The summed E-state index contributed by atoms with van der Waals surface area (Å²) >= 11 is 3.29. The van der Waals surface area contributed by atoms with Crippen LogP contribution in [-0.2, 0) is 0 Å². The largest absolute Gasteiger partial charge is 0.298 e. The Bertz CT molecular complexity index is 584. The maximum Gasteiger partial charge on any atom is 0.162 e. The van der Waals surface area contributed by atoms with E-state index < -0.39 is 0 Å². The van der Waals surface area contributed by atoms with Crippen LogP contribution >= 0.6 is 15.9 Å². The summed E-state index contributed by atoms with van der Waals surface area (Å²) in [7, 11) is 0. The molecule has 4 nitrogen and oxygen atoms in total. The van der Waals surface area contributed by atoms with Crippen LogP contribution < -0.4 is 0 Å². The number of nitriles is 1. The molecular weight excluding hydrogens is 294 g/mol. The third-order valence-electron chi connectivity index (χ3n) is 2.10. The molecule has 0 amide bonds. The molecule has 0 N–H and O–H groups in total. The number of aromatic nitrogens is 2. The van der Waals surface area contributed by atoms with Gasteiger partial charge in [0.05, 0.1) is 11.3 Å². The summed E-state index contributed by atoms with van der Waals surface area (Å²) in [5.74, 6) is 0. The fourth-order valence-electron chi connectivity index (χ4n) is 1.36. The van der Waals surface area contributed by atoms with Crippen molar-refractivity contribution in [1.29, 1.82) is 5.26 Å². The average Bonchev–Trinajstić information content (AvgIpc) is 2.89. The van der Waals surface area contributed by atoms with Gasteiger partial charge in [-0.15, -0.1) is 0 Å². The molecule has 0 aliphatic rings. The summed E-state index contributed by atoms with van der Waals surface area (Å²) in [5, 5.41) is 12.7. The molecule has 0 saturated carbocycles. The lowest BCUT2D eigenvalue weighted by atomic mass is 10.2. The predicted octanol–water partition coefficient (Wildman–Crippen LogP) is 3.35. The molecule has 0 fully saturated rings. The van der Waals surface area contributed by atoms with Crippen molar-refractivity contribution in [2.75, 3.05) is 0 Å². The molecule has 2 rings (SSSR count). The van der Waals surface area contributed by atoms with Crippen LogP contribution in [0.25, 0.3) is 5.69 Å². The van der Waals surface area contributed by atoms with E-state index in [-0.39, 0.29) is 0 Å². The van der Waals surface area contributed by atoms with Crippen molar-refractivity contribution in [2.45, 2.75) is 13.8 Å². The second-order valence-corrected chi connectivity index (χ2v) is 3.90. The summed E-state index contributed by atoms with van der Waals surface area (Å²) in [6.45, 7) is 4.00. The zero-order valence-electron chi connectivity index (χ0n) is 10.1. The number of nitrogens with zero attached hydrogens (tertiary/aromatic N) is 3. The highest BCUT2D eigenvalue weighted by Crippen LogP contribution is 2.21.